The second-order valence-corrected chi connectivity index (χ2v) is 7.19. The van der Waals surface area contributed by atoms with Crippen molar-refractivity contribution in [1.29, 1.82) is 0 Å². The van der Waals surface area contributed by atoms with Crippen molar-refractivity contribution < 1.29 is 9.59 Å². The number of carbonyl (C=O) groups is 2. The van der Waals surface area contributed by atoms with Crippen molar-refractivity contribution in [1.82, 2.24) is 0 Å². The first kappa shape index (κ1) is 14.3. The van der Waals surface area contributed by atoms with Gasteiger partial charge in [-0.1, -0.05) is 26.0 Å². The van der Waals surface area contributed by atoms with Crippen LogP contribution in [-0.4, -0.2) is 11.7 Å². The van der Waals surface area contributed by atoms with Crippen molar-refractivity contribution >= 4 is 17.4 Å². The first-order chi connectivity index (χ1) is 9.80. The number of ketones is 1. The minimum Gasteiger partial charge on any atom is -0.325 e. The molecule has 1 amide bonds. The van der Waals surface area contributed by atoms with Crippen LogP contribution < -0.4 is 5.32 Å². The highest BCUT2D eigenvalue weighted by Crippen LogP contribution is 2.64. The quantitative estimate of drug-likeness (QED) is 0.843. The maximum absolute atomic E-state index is 13.0. The van der Waals surface area contributed by atoms with Gasteiger partial charge in [0.1, 0.15) is 11.2 Å². The predicted octanol–water partition coefficient (Wildman–Crippen LogP) is 3.64. The van der Waals surface area contributed by atoms with Gasteiger partial charge in [-0.05, 0) is 55.2 Å². The average molecular weight is 285 g/mol. The standard InChI is InChI=1S/C18H23NO2/c1-11-6-5-7-14(12(11)2)19-16(21)18-9-8-13(10-15(18)20)17(18,3)4/h5-7,13H,8-10H2,1-4H3,(H,19,21). The van der Waals surface area contributed by atoms with Gasteiger partial charge in [-0.2, -0.15) is 0 Å². The van der Waals surface area contributed by atoms with Crippen molar-refractivity contribution in [2.24, 2.45) is 16.7 Å². The van der Waals surface area contributed by atoms with Crippen LogP contribution in [0.25, 0.3) is 0 Å². The number of carbonyl (C=O) groups excluding carboxylic acids is 2. The van der Waals surface area contributed by atoms with Gasteiger partial charge in [0.2, 0.25) is 5.91 Å². The van der Waals surface area contributed by atoms with Crippen molar-refractivity contribution in [2.45, 2.75) is 47.0 Å². The number of benzene rings is 1. The van der Waals surface area contributed by atoms with Gasteiger partial charge in [0.25, 0.3) is 0 Å². The topological polar surface area (TPSA) is 46.2 Å². The SMILES string of the molecule is Cc1cccc(NC(=O)C23CCC(CC2=O)C3(C)C)c1C. The summed E-state index contributed by atoms with van der Waals surface area (Å²) >= 11 is 0. The van der Waals surface area contributed by atoms with Crippen LogP contribution in [0.2, 0.25) is 0 Å². The smallest absolute Gasteiger partial charge is 0.238 e. The summed E-state index contributed by atoms with van der Waals surface area (Å²) in [5, 5.41) is 3.04. The number of nitrogens with one attached hydrogen (secondary N) is 1. The number of anilines is 1. The maximum atomic E-state index is 13.0. The Morgan fingerprint density at radius 3 is 2.57 bits per heavy atom. The lowest BCUT2D eigenvalue weighted by molar-refractivity contribution is -0.141. The van der Waals surface area contributed by atoms with Crippen LogP contribution in [0.3, 0.4) is 0 Å². The average Bonchev–Trinajstić information content (AvgIpc) is 2.78. The van der Waals surface area contributed by atoms with Crippen LogP contribution >= 0.6 is 0 Å². The Labute approximate surface area is 126 Å². The predicted molar refractivity (Wildman–Crippen MR) is 83.1 cm³/mol. The molecule has 3 rings (SSSR count). The second kappa shape index (κ2) is 4.43. The number of rotatable bonds is 2. The van der Waals surface area contributed by atoms with Crippen molar-refractivity contribution in [3.05, 3.63) is 29.3 Å². The lowest BCUT2D eigenvalue weighted by atomic mass is 9.68. The van der Waals surface area contributed by atoms with Crippen molar-refractivity contribution in [3.63, 3.8) is 0 Å². The lowest BCUT2D eigenvalue weighted by Crippen LogP contribution is -2.46. The molecular weight excluding hydrogens is 262 g/mol. The first-order valence-corrected chi connectivity index (χ1v) is 7.71. The molecule has 1 aromatic rings. The van der Waals surface area contributed by atoms with E-state index in [9.17, 15) is 9.59 Å². The number of Topliss-reactive ketones (excluding diaryl/α,β-unsaturated/α-hetero) is 1. The summed E-state index contributed by atoms with van der Waals surface area (Å²) in [6.07, 6.45) is 2.24. The van der Waals surface area contributed by atoms with E-state index in [-0.39, 0.29) is 17.1 Å². The van der Waals surface area contributed by atoms with Crippen LogP contribution in [0, 0.1) is 30.6 Å². The molecule has 112 valence electrons. The van der Waals surface area contributed by atoms with Crippen LogP contribution in [0.5, 0.6) is 0 Å². The molecular formula is C18H23NO2. The Hall–Kier alpha value is -1.64. The molecule has 3 heteroatoms. The molecule has 2 atom stereocenters. The zero-order valence-electron chi connectivity index (χ0n) is 13.2. The van der Waals surface area contributed by atoms with Gasteiger partial charge in [0.05, 0.1) is 0 Å². The highest BCUT2D eigenvalue weighted by atomic mass is 16.2. The summed E-state index contributed by atoms with van der Waals surface area (Å²) in [4.78, 5) is 25.4. The number of aryl methyl sites for hydroxylation is 1. The molecule has 2 aliphatic carbocycles. The molecule has 0 heterocycles. The zero-order chi connectivity index (χ0) is 15.4. The monoisotopic (exact) mass is 285 g/mol. The van der Waals surface area contributed by atoms with Crippen LogP contribution in [0.1, 0.15) is 44.2 Å². The maximum Gasteiger partial charge on any atom is 0.238 e. The van der Waals surface area contributed by atoms with E-state index >= 15 is 0 Å². The van der Waals surface area contributed by atoms with E-state index in [1.165, 1.54) is 0 Å². The molecule has 0 spiro atoms. The third-order valence-electron chi connectivity index (χ3n) is 6.14. The Bertz CT molecular complexity index is 632. The molecule has 0 radical (unpaired) electrons. The van der Waals surface area contributed by atoms with E-state index in [1.54, 1.807) is 0 Å². The molecule has 1 N–H and O–H groups in total. The molecule has 21 heavy (non-hydrogen) atoms. The molecule has 2 aliphatic rings. The van der Waals surface area contributed by atoms with E-state index in [2.05, 4.69) is 19.2 Å². The lowest BCUT2D eigenvalue weighted by Gasteiger charge is -2.35. The minimum atomic E-state index is -0.826. The molecule has 2 fully saturated rings. The summed E-state index contributed by atoms with van der Waals surface area (Å²) < 4.78 is 0. The van der Waals surface area contributed by atoms with Crippen LogP contribution in [0.4, 0.5) is 5.69 Å². The first-order valence-electron chi connectivity index (χ1n) is 7.71. The molecule has 1 aromatic carbocycles. The summed E-state index contributed by atoms with van der Waals surface area (Å²) in [5.41, 5.74) is 1.99. The summed E-state index contributed by atoms with van der Waals surface area (Å²) in [5.74, 6) is 0.382. The second-order valence-electron chi connectivity index (χ2n) is 7.19. The van der Waals surface area contributed by atoms with Gasteiger partial charge in [-0.25, -0.2) is 0 Å². The van der Waals surface area contributed by atoms with Gasteiger partial charge < -0.3 is 5.32 Å². The van der Waals surface area contributed by atoms with Gasteiger partial charge in [0, 0.05) is 12.1 Å². The van der Waals surface area contributed by atoms with E-state index in [1.807, 2.05) is 32.0 Å². The number of hydrogen-bond donors (Lipinski definition) is 1. The molecule has 0 aromatic heterocycles. The van der Waals surface area contributed by atoms with Crippen molar-refractivity contribution in [3.8, 4) is 0 Å². The molecule has 2 saturated carbocycles. The molecule has 0 saturated heterocycles. The van der Waals surface area contributed by atoms with Gasteiger partial charge in [-0.3, -0.25) is 9.59 Å². The Morgan fingerprint density at radius 1 is 1.29 bits per heavy atom. The van der Waals surface area contributed by atoms with Gasteiger partial charge >= 0.3 is 0 Å². The van der Waals surface area contributed by atoms with Gasteiger partial charge in [0.15, 0.2) is 0 Å². The number of amides is 1. The third-order valence-corrected chi connectivity index (χ3v) is 6.14. The van der Waals surface area contributed by atoms with E-state index in [4.69, 9.17) is 0 Å². The Balaban J connectivity index is 1.95. The van der Waals surface area contributed by atoms with Crippen molar-refractivity contribution in [2.75, 3.05) is 5.32 Å². The van der Waals surface area contributed by atoms with E-state index in [0.717, 1.165) is 23.2 Å². The molecule has 2 bridgehead atoms. The fraction of sp³-hybridized carbons (Fsp3) is 0.556. The zero-order valence-corrected chi connectivity index (χ0v) is 13.2. The molecule has 0 aliphatic heterocycles. The highest BCUT2D eigenvalue weighted by molar-refractivity contribution is 6.14. The van der Waals surface area contributed by atoms with Gasteiger partial charge in [-0.15, -0.1) is 0 Å². The fourth-order valence-corrected chi connectivity index (χ4v) is 4.32. The Morgan fingerprint density at radius 2 is 2.00 bits per heavy atom. The normalized spacial score (nSPS) is 29.7. The summed E-state index contributed by atoms with van der Waals surface area (Å²) in [7, 11) is 0. The summed E-state index contributed by atoms with van der Waals surface area (Å²) in [6.45, 7) is 8.19. The summed E-state index contributed by atoms with van der Waals surface area (Å²) in [6, 6.07) is 5.88. The number of hydrogen-bond acceptors (Lipinski definition) is 2. The van der Waals surface area contributed by atoms with E-state index < -0.39 is 5.41 Å². The molecule has 2 unspecified atom stereocenters. The fourth-order valence-electron chi connectivity index (χ4n) is 4.32. The van der Waals surface area contributed by atoms with Crippen LogP contribution in [-0.2, 0) is 9.59 Å². The number of fused-ring (bicyclic) bond motifs is 2. The molecule has 3 nitrogen and oxygen atoms in total. The Kier molecular flexibility index (Phi) is 3.01. The highest BCUT2D eigenvalue weighted by Gasteiger charge is 2.68. The van der Waals surface area contributed by atoms with Crippen LogP contribution in [0.15, 0.2) is 18.2 Å². The largest absolute Gasteiger partial charge is 0.325 e. The third kappa shape index (κ3) is 1.73. The minimum absolute atomic E-state index is 0.105. The van der Waals surface area contributed by atoms with E-state index in [0.29, 0.717) is 18.8 Å².